The molecule has 0 radical (unpaired) electrons. The van der Waals surface area contributed by atoms with Gasteiger partial charge < -0.3 is 19.9 Å². The number of nitrogens with one attached hydrogen (secondary N) is 1. The molecule has 33 heavy (non-hydrogen) atoms. The van der Waals surface area contributed by atoms with Crippen LogP contribution < -0.4 is 15.0 Å². The molecule has 0 unspecified atom stereocenters. The lowest BCUT2D eigenvalue weighted by Crippen LogP contribution is -2.55. The molecule has 1 aliphatic heterocycles. The number of ether oxygens (including phenoxy) is 1. The summed E-state index contributed by atoms with van der Waals surface area (Å²) in [5, 5.41) is 3.21. The highest BCUT2D eigenvalue weighted by Crippen LogP contribution is 2.30. The Balaban J connectivity index is 1.41. The first-order chi connectivity index (χ1) is 15.9. The van der Waals surface area contributed by atoms with Crippen molar-refractivity contribution in [3.8, 4) is 11.6 Å². The fourth-order valence-corrected chi connectivity index (χ4v) is 4.04. The molecule has 4 rings (SSSR count). The molecule has 1 aliphatic rings. The summed E-state index contributed by atoms with van der Waals surface area (Å²) in [5.74, 6) is 0.855. The quantitative estimate of drug-likeness (QED) is 0.544. The molecule has 2 amide bonds. The van der Waals surface area contributed by atoms with E-state index in [0.717, 1.165) is 17.7 Å². The smallest absolute Gasteiger partial charge is 0.322 e. The van der Waals surface area contributed by atoms with Gasteiger partial charge in [0.05, 0.1) is 5.02 Å². The molecule has 2 heterocycles. The van der Waals surface area contributed by atoms with Crippen molar-refractivity contribution in [1.29, 1.82) is 0 Å². The topological polar surface area (TPSA) is 70.6 Å². The number of carbonyl (C=O) groups excluding carboxylic acids is 1. The van der Waals surface area contributed by atoms with Crippen LogP contribution in [0.2, 0.25) is 5.02 Å². The number of halogens is 2. The Bertz CT molecular complexity index is 1150. The highest BCUT2D eigenvalue weighted by molar-refractivity contribution is 6.32. The van der Waals surface area contributed by atoms with Gasteiger partial charge in [-0.25, -0.2) is 19.2 Å². The van der Waals surface area contributed by atoms with Crippen LogP contribution in [0.3, 0.4) is 0 Å². The van der Waals surface area contributed by atoms with Crippen molar-refractivity contribution in [2.24, 2.45) is 0 Å². The van der Waals surface area contributed by atoms with Gasteiger partial charge in [-0.3, -0.25) is 0 Å². The van der Waals surface area contributed by atoms with Gasteiger partial charge in [0.2, 0.25) is 5.88 Å². The van der Waals surface area contributed by atoms with Crippen LogP contribution >= 0.6 is 11.6 Å². The van der Waals surface area contributed by atoms with Gasteiger partial charge in [0.1, 0.15) is 23.7 Å². The third-order valence-electron chi connectivity index (χ3n) is 5.59. The van der Waals surface area contributed by atoms with Crippen LogP contribution in [0.1, 0.15) is 19.4 Å². The van der Waals surface area contributed by atoms with Crippen molar-refractivity contribution < 1.29 is 13.9 Å². The Kier molecular flexibility index (Phi) is 6.93. The van der Waals surface area contributed by atoms with Crippen LogP contribution in [0.4, 0.5) is 20.7 Å². The highest BCUT2D eigenvalue weighted by Gasteiger charge is 2.28. The summed E-state index contributed by atoms with van der Waals surface area (Å²) in [6.07, 6.45) is 2.26. The number of hydrogen-bond donors (Lipinski definition) is 1. The van der Waals surface area contributed by atoms with Crippen LogP contribution in [0, 0.1) is 5.82 Å². The van der Waals surface area contributed by atoms with E-state index < -0.39 is 5.82 Å². The van der Waals surface area contributed by atoms with Crippen molar-refractivity contribution >= 4 is 29.1 Å². The fourth-order valence-electron chi connectivity index (χ4n) is 3.83. The minimum absolute atomic E-state index is 0.0292. The maximum absolute atomic E-state index is 13.3. The van der Waals surface area contributed by atoms with Crippen molar-refractivity contribution in [3.63, 3.8) is 0 Å². The van der Waals surface area contributed by atoms with Gasteiger partial charge in [0.25, 0.3) is 0 Å². The lowest BCUT2D eigenvalue weighted by atomic mass is 10.1. The predicted molar refractivity (Wildman–Crippen MR) is 127 cm³/mol. The maximum Gasteiger partial charge on any atom is 0.322 e. The van der Waals surface area contributed by atoms with Crippen LogP contribution in [-0.4, -0.2) is 46.6 Å². The second-order valence-corrected chi connectivity index (χ2v) is 8.23. The predicted octanol–water partition coefficient (Wildman–Crippen LogP) is 5.37. The minimum atomic E-state index is -0.440. The molecule has 1 atom stereocenters. The number of amides is 2. The monoisotopic (exact) mass is 469 g/mol. The maximum atomic E-state index is 13.3. The Morgan fingerprint density at radius 1 is 1.21 bits per heavy atom. The summed E-state index contributed by atoms with van der Waals surface area (Å²) in [6, 6.07) is 13.3. The van der Waals surface area contributed by atoms with E-state index in [1.165, 1.54) is 24.5 Å². The normalized spacial score (nSPS) is 15.9. The van der Waals surface area contributed by atoms with Gasteiger partial charge in [-0.15, -0.1) is 0 Å². The zero-order chi connectivity index (χ0) is 23.4. The second-order valence-electron chi connectivity index (χ2n) is 7.82. The Morgan fingerprint density at radius 2 is 2.03 bits per heavy atom. The minimum Gasteiger partial charge on any atom is -0.437 e. The molecule has 0 bridgehead atoms. The van der Waals surface area contributed by atoms with E-state index in [0.29, 0.717) is 37.1 Å². The molecule has 0 saturated carbocycles. The number of para-hydroxylation sites is 1. The molecule has 1 N–H and O–H groups in total. The first-order valence-electron chi connectivity index (χ1n) is 10.8. The van der Waals surface area contributed by atoms with E-state index in [4.69, 9.17) is 16.3 Å². The SMILES string of the molecule is CCc1ccccc1NC(=O)N1CCN(c2cc(Oc3ccc(F)cc3Cl)ncn2)C[C@H]1C. The summed E-state index contributed by atoms with van der Waals surface area (Å²) in [6.45, 7) is 5.84. The fraction of sp³-hybridized carbons (Fsp3) is 0.292. The number of urea groups is 1. The van der Waals surface area contributed by atoms with Gasteiger partial charge in [-0.1, -0.05) is 36.7 Å². The molecule has 1 saturated heterocycles. The largest absolute Gasteiger partial charge is 0.437 e. The number of anilines is 2. The van der Waals surface area contributed by atoms with Crippen molar-refractivity contribution in [2.75, 3.05) is 29.9 Å². The molecule has 0 aliphatic carbocycles. The second kappa shape index (κ2) is 10.0. The van der Waals surface area contributed by atoms with Gasteiger partial charge >= 0.3 is 6.03 Å². The summed E-state index contributed by atoms with van der Waals surface area (Å²) >= 11 is 6.05. The molecule has 2 aromatic carbocycles. The number of benzene rings is 2. The Hall–Kier alpha value is -3.39. The lowest BCUT2D eigenvalue weighted by Gasteiger charge is -2.40. The van der Waals surface area contributed by atoms with Gasteiger partial charge in [0.15, 0.2) is 0 Å². The summed E-state index contributed by atoms with van der Waals surface area (Å²) < 4.78 is 19.0. The Labute approximate surface area is 197 Å². The lowest BCUT2D eigenvalue weighted by molar-refractivity contribution is 0.184. The van der Waals surface area contributed by atoms with E-state index in [1.54, 1.807) is 6.07 Å². The average Bonchev–Trinajstić information content (AvgIpc) is 2.81. The molecule has 7 nitrogen and oxygen atoms in total. The number of piperazine rings is 1. The molecular weight excluding hydrogens is 445 g/mol. The van der Waals surface area contributed by atoms with E-state index in [9.17, 15) is 9.18 Å². The number of aromatic nitrogens is 2. The van der Waals surface area contributed by atoms with E-state index in [2.05, 4.69) is 27.1 Å². The number of rotatable bonds is 5. The summed E-state index contributed by atoms with van der Waals surface area (Å²) in [7, 11) is 0. The molecule has 1 aromatic heterocycles. The number of nitrogens with zero attached hydrogens (tertiary/aromatic N) is 4. The van der Waals surface area contributed by atoms with Gasteiger partial charge in [-0.05, 0) is 43.2 Å². The first kappa shape index (κ1) is 22.8. The van der Waals surface area contributed by atoms with Gasteiger partial charge in [0, 0.05) is 37.4 Å². The molecule has 172 valence electrons. The number of carbonyl (C=O) groups is 1. The Morgan fingerprint density at radius 3 is 2.79 bits per heavy atom. The average molecular weight is 470 g/mol. The summed E-state index contributed by atoms with van der Waals surface area (Å²) in [4.78, 5) is 25.3. The molecule has 1 fully saturated rings. The van der Waals surface area contributed by atoms with E-state index >= 15 is 0 Å². The molecule has 0 spiro atoms. The van der Waals surface area contributed by atoms with Gasteiger partial charge in [-0.2, -0.15) is 0 Å². The summed E-state index contributed by atoms with van der Waals surface area (Å²) in [5.41, 5.74) is 1.95. The number of hydrogen-bond acceptors (Lipinski definition) is 5. The zero-order valence-corrected chi connectivity index (χ0v) is 19.2. The van der Waals surface area contributed by atoms with Crippen LogP contribution in [0.25, 0.3) is 0 Å². The van der Waals surface area contributed by atoms with E-state index in [-0.39, 0.29) is 17.1 Å². The standard InChI is InChI=1S/C24H25ClFN5O2/c1-3-17-6-4-5-7-20(17)29-24(32)31-11-10-30(14-16(31)2)22-13-23(28-15-27-22)33-21-9-8-18(26)12-19(21)25/h4-9,12-13,15-16H,3,10-11,14H2,1-2H3,(H,29,32)/t16-/m1/s1. The van der Waals surface area contributed by atoms with Crippen LogP contribution in [0.15, 0.2) is 54.9 Å². The van der Waals surface area contributed by atoms with Crippen LogP contribution in [-0.2, 0) is 6.42 Å². The van der Waals surface area contributed by atoms with E-state index in [1.807, 2.05) is 36.1 Å². The molecular formula is C24H25ClFN5O2. The molecule has 3 aromatic rings. The van der Waals surface area contributed by atoms with Crippen molar-refractivity contribution in [3.05, 3.63) is 71.3 Å². The first-order valence-corrected chi connectivity index (χ1v) is 11.2. The van der Waals surface area contributed by atoms with Crippen molar-refractivity contribution in [1.82, 2.24) is 14.9 Å². The highest BCUT2D eigenvalue weighted by atomic mass is 35.5. The third kappa shape index (κ3) is 5.34. The number of aryl methyl sites for hydroxylation is 1. The molecule has 9 heteroatoms. The zero-order valence-electron chi connectivity index (χ0n) is 18.5. The third-order valence-corrected chi connectivity index (χ3v) is 5.88. The van der Waals surface area contributed by atoms with Crippen molar-refractivity contribution in [2.45, 2.75) is 26.3 Å². The van der Waals surface area contributed by atoms with Crippen LogP contribution in [0.5, 0.6) is 11.6 Å².